The van der Waals surface area contributed by atoms with Gasteiger partial charge in [0.1, 0.15) is 17.6 Å². The minimum absolute atomic E-state index is 0.0306. The number of hydrogen-bond donors (Lipinski definition) is 0. The molecule has 2 aliphatic carbocycles. The summed E-state index contributed by atoms with van der Waals surface area (Å²) in [6.45, 7) is 0. The van der Waals surface area contributed by atoms with Crippen molar-refractivity contribution >= 4 is 44.4 Å². The van der Waals surface area contributed by atoms with E-state index in [1.807, 2.05) is 6.07 Å². The molecule has 3 aromatic carbocycles. The Morgan fingerprint density at radius 3 is 2.76 bits per heavy atom. The van der Waals surface area contributed by atoms with Crippen molar-refractivity contribution in [3.63, 3.8) is 0 Å². The molecule has 2 atom stereocenters. The Labute approximate surface area is 190 Å². The summed E-state index contributed by atoms with van der Waals surface area (Å²) in [7, 11) is 0. The molecule has 1 aliphatic heterocycles. The Balaban J connectivity index is 1.45. The van der Waals surface area contributed by atoms with Gasteiger partial charge in [-0.2, -0.15) is 0 Å². The largest absolute Gasteiger partial charge is 0.483 e. The van der Waals surface area contributed by atoms with E-state index in [1.165, 1.54) is 38.4 Å². The summed E-state index contributed by atoms with van der Waals surface area (Å²) in [5, 5.41) is 3.68. The number of benzene rings is 3. The molecule has 0 saturated heterocycles. The maximum absolute atomic E-state index is 6.59. The first-order valence-electron chi connectivity index (χ1n) is 11.7. The molecule has 0 fully saturated rings. The van der Waals surface area contributed by atoms with E-state index < -0.39 is 0 Å². The van der Waals surface area contributed by atoms with Crippen LogP contribution in [0.15, 0.2) is 89.4 Å². The second-order valence-electron chi connectivity index (χ2n) is 9.14. The standard InChI is InChI=1S/C30H21NO2/c1-4-12-24-18(8-1)21-16-17-23-20-10-3-6-15-27(20)33-30(23)28(21)31(24)25-13-7-11-22-19-9-2-5-14-26(19)32-29(22)25/h1-5,7-14,16-17,25,29H,6,15H2. The number of furan rings is 1. The van der Waals surface area contributed by atoms with Gasteiger partial charge >= 0.3 is 0 Å². The second-order valence-corrected chi connectivity index (χ2v) is 9.14. The van der Waals surface area contributed by atoms with Gasteiger partial charge in [0.15, 0.2) is 5.58 Å². The van der Waals surface area contributed by atoms with E-state index in [4.69, 9.17) is 9.15 Å². The highest BCUT2D eigenvalue weighted by molar-refractivity contribution is 6.17. The zero-order valence-electron chi connectivity index (χ0n) is 18.0. The highest BCUT2D eigenvalue weighted by Crippen LogP contribution is 2.47. The number of aromatic nitrogens is 1. The lowest BCUT2D eigenvalue weighted by Crippen LogP contribution is -2.27. The van der Waals surface area contributed by atoms with Gasteiger partial charge in [0.05, 0.1) is 11.6 Å². The van der Waals surface area contributed by atoms with Crippen LogP contribution in [0.25, 0.3) is 44.4 Å². The van der Waals surface area contributed by atoms with Gasteiger partial charge in [-0.15, -0.1) is 0 Å². The number of nitrogens with zero attached hydrogens (tertiary/aromatic N) is 1. The topological polar surface area (TPSA) is 27.3 Å². The van der Waals surface area contributed by atoms with Crippen molar-refractivity contribution < 1.29 is 9.15 Å². The van der Waals surface area contributed by atoms with Crippen LogP contribution in [0, 0.1) is 0 Å². The molecule has 0 radical (unpaired) electrons. The quantitative estimate of drug-likeness (QED) is 0.278. The first-order chi connectivity index (χ1) is 16.4. The molecule has 3 nitrogen and oxygen atoms in total. The highest BCUT2D eigenvalue weighted by atomic mass is 16.5. The third-order valence-electron chi connectivity index (χ3n) is 7.42. The van der Waals surface area contributed by atoms with E-state index in [1.54, 1.807) is 0 Å². The van der Waals surface area contributed by atoms with Crippen LogP contribution in [0.3, 0.4) is 0 Å². The summed E-state index contributed by atoms with van der Waals surface area (Å²) in [5.74, 6) is 2.06. The van der Waals surface area contributed by atoms with Crippen molar-refractivity contribution in [3.05, 3.63) is 102 Å². The lowest BCUT2D eigenvalue weighted by atomic mass is 9.93. The number of aryl methyl sites for hydroxylation is 1. The van der Waals surface area contributed by atoms with E-state index in [2.05, 4.69) is 89.5 Å². The summed E-state index contributed by atoms with van der Waals surface area (Å²) in [4.78, 5) is 0. The predicted octanol–water partition coefficient (Wildman–Crippen LogP) is 7.46. The SMILES string of the molecule is C1=CC(n2c3ccccc3c3ccc4c5c(oc4c32)CCC=C5)C2Oc3ccccc3C2=C1. The molecule has 2 unspecified atom stereocenters. The van der Waals surface area contributed by atoms with Crippen molar-refractivity contribution in [2.45, 2.75) is 25.0 Å². The van der Waals surface area contributed by atoms with Crippen molar-refractivity contribution in [2.75, 3.05) is 0 Å². The van der Waals surface area contributed by atoms with Gasteiger partial charge < -0.3 is 13.7 Å². The lowest BCUT2D eigenvalue weighted by Gasteiger charge is -2.27. The van der Waals surface area contributed by atoms with Crippen LogP contribution in [0.5, 0.6) is 5.75 Å². The Bertz CT molecular complexity index is 1710. The van der Waals surface area contributed by atoms with Crippen LogP contribution in [-0.2, 0) is 6.42 Å². The molecule has 33 heavy (non-hydrogen) atoms. The Morgan fingerprint density at radius 2 is 1.76 bits per heavy atom. The molecule has 0 amide bonds. The van der Waals surface area contributed by atoms with Gasteiger partial charge in [-0.1, -0.05) is 72.8 Å². The predicted molar refractivity (Wildman–Crippen MR) is 134 cm³/mol. The fraction of sp³-hybridized carbons (Fsp3) is 0.133. The van der Waals surface area contributed by atoms with Crippen molar-refractivity contribution in [1.29, 1.82) is 0 Å². The second kappa shape index (κ2) is 6.29. The van der Waals surface area contributed by atoms with Gasteiger partial charge in [0, 0.05) is 44.8 Å². The van der Waals surface area contributed by atoms with Crippen molar-refractivity contribution in [3.8, 4) is 5.75 Å². The van der Waals surface area contributed by atoms with Gasteiger partial charge in [-0.25, -0.2) is 0 Å². The molecule has 158 valence electrons. The fourth-order valence-electron chi connectivity index (χ4n) is 5.99. The molecule has 5 aromatic rings. The maximum Gasteiger partial charge on any atom is 0.159 e. The molecule has 3 aliphatic rings. The summed E-state index contributed by atoms with van der Waals surface area (Å²) in [5.41, 5.74) is 7.03. The molecule has 0 bridgehead atoms. The number of para-hydroxylation sites is 2. The van der Waals surface area contributed by atoms with E-state index in [-0.39, 0.29) is 12.1 Å². The average molecular weight is 428 g/mol. The van der Waals surface area contributed by atoms with Crippen LogP contribution in [0.4, 0.5) is 0 Å². The highest BCUT2D eigenvalue weighted by Gasteiger charge is 2.37. The summed E-state index contributed by atoms with van der Waals surface area (Å²) in [6, 6.07) is 21.6. The fourth-order valence-corrected chi connectivity index (χ4v) is 5.99. The molecule has 3 heteroatoms. The third-order valence-corrected chi connectivity index (χ3v) is 7.42. The summed E-state index contributed by atoms with van der Waals surface area (Å²) < 4.78 is 15.6. The first kappa shape index (κ1) is 17.6. The Hall–Kier alpha value is -3.98. The third kappa shape index (κ3) is 2.24. The van der Waals surface area contributed by atoms with E-state index in [9.17, 15) is 0 Å². The normalized spacial score (nSPS) is 20.7. The van der Waals surface area contributed by atoms with Crippen LogP contribution in [-0.4, -0.2) is 10.7 Å². The maximum atomic E-state index is 6.59. The molecule has 8 rings (SSSR count). The van der Waals surface area contributed by atoms with Gasteiger partial charge in [-0.05, 0) is 24.6 Å². The molecular weight excluding hydrogens is 406 g/mol. The Morgan fingerprint density at radius 1 is 0.879 bits per heavy atom. The van der Waals surface area contributed by atoms with Crippen LogP contribution in [0.2, 0.25) is 0 Å². The molecule has 2 aromatic heterocycles. The number of hydrogen-bond acceptors (Lipinski definition) is 2. The number of fused-ring (bicyclic) bond motifs is 10. The van der Waals surface area contributed by atoms with E-state index in [0.29, 0.717) is 0 Å². The zero-order valence-corrected chi connectivity index (χ0v) is 18.0. The minimum atomic E-state index is -0.0638. The van der Waals surface area contributed by atoms with Crippen LogP contribution < -0.4 is 4.74 Å². The molecular formula is C30H21NO2. The molecule has 0 N–H and O–H groups in total. The Kier molecular flexibility index (Phi) is 3.35. The van der Waals surface area contributed by atoms with E-state index in [0.717, 1.165) is 35.5 Å². The van der Waals surface area contributed by atoms with Crippen molar-refractivity contribution in [1.82, 2.24) is 4.57 Å². The molecule has 0 spiro atoms. The monoisotopic (exact) mass is 427 g/mol. The van der Waals surface area contributed by atoms with Gasteiger partial charge in [0.2, 0.25) is 0 Å². The molecule has 3 heterocycles. The number of ether oxygens (including phenoxy) is 1. The zero-order chi connectivity index (χ0) is 21.5. The smallest absolute Gasteiger partial charge is 0.159 e. The lowest BCUT2D eigenvalue weighted by molar-refractivity contribution is 0.232. The number of rotatable bonds is 1. The van der Waals surface area contributed by atoms with Crippen LogP contribution >= 0.6 is 0 Å². The van der Waals surface area contributed by atoms with Crippen LogP contribution in [0.1, 0.15) is 29.3 Å². The minimum Gasteiger partial charge on any atom is -0.483 e. The molecule has 0 saturated carbocycles. The van der Waals surface area contributed by atoms with Gasteiger partial charge in [-0.3, -0.25) is 0 Å². The van der Waals surface area contributed by atoms with Gasteiger partial charge in [0.25, 0.3) is 0 Å². The van der Waals surface area contributed by atoms with Crippen molar-refractivity contribution in [2.24, 2.45) is 0 Å². The number of allylic oxidation sites excluding steroid dienone is 3. The average Bonchev–Trinajstić information content (AvgIpc) is 3.53. The summed E-state index contributed by atoms with van der Waals surface area (Å²) >= 11 is 0. The summed E-state index contributed by atoms with van der Waals surface area (Å²) in [6.07, 6.45) is 13.1. The first-order valence-corrected chi connectivity index (χ1v) is 11.7. The van der Waals surface area contributed by atoms with E-state index >= 15 is 0 Å².